The van der Waals surface area contributed by atoms with E-state index in [1.165, 1.54) is 0 Å². The van der Waals surface area contributed by atoms with Crippen molar-refractivity contribution in [2.24, 2.45) is 0 Å². The molecule has 21 heavy (non-hydrogen) atoms. The van der Waals surface area contributed by atoms with Crippen molar-refractivity contribution in [3.05, 3.63) is 12.4 Å². The number of hydrogen-bond donors (Lipinski definition) is 1. The second-order valence-corrected chi connectivity index (χ2v) is 6.21. The van der Waals surface area contributed by atoms with Crippen molar-refractivity contribution >= 4 is 18.5 Å². The average molecular weight is 293 g/mol. The number of aliphatic hydroxyl groups excluding tert-OH is 1. The molecule has 116 valence electrons. The molecule has 1 aliphatic heterocycles. The van der Waals surface area contributed by atoms with Crippen LogP contribution in [-0.4, -0.2) is 53.1 Å². The van der Waals surface area contributed by atoms with Gasteiger partial charge in [-0.1, -0.05) is 0 Å². The average Bonchev–Trinajstić information content (AvgIpc) is 2.65. The van der Waals surface area contributed by atoms with Crippen molar-refractivity contribution < 1.29 is 14.4 Å². The minimum absolute atomic E-state index is 0.0795. The Morgan fingerprint density at radius 1 is 1.14 bits per heavy atom. The van der Waals surface area contributed by atoms with E-state index in [0.717, 1.165) is 12.0 Å². The molecular formula is C14H24BN3O3. The number of aromatic nitrogens is 2. The molecular weight excluding hydrogens is 269 g/mol. The highest BCUT2D eigenvalue weighted by Gasteiger charge is 2.51. The van der Waals surface area contributed by atoms with Crippen LogP contribution >= 0.6 is 0 Å². The molecule has 1 saturated heterocycles. The van der Waals surface area contributed by atoms with Crippen molar-refractivity contribution in [3.8, 4) is 0 Å². The second-order valence-electron chi connectivity index (χ2n) is 6.21. The number of rotatable bonds is 5. The summed E-state index contributed by atoms with van der Waals surface area (Å²) >= 11 is 0. The van der Waals surface area contributed by atoms with Crippen molar-refractivity contribution in [3.63, 3.8) is 0 Å². The van der Waals surface area contributed by atoms with E-state index in [-0.39, 0.29) is 17.8 Å². The molecule has 7 heteroatoms. The van der Waals surface area contributed by atoms with Crippen LogP contribution in [0.15, 0.2) is 12.4 Å². The van der Waals surface area contributed by atoms with Gasteiger partial charge in [0, 0.05) is 30.9 Å². The van der Waals surface area contributed by atoms with E-state index in [2.05, 4.69) is 9.97 Å². The molecule has 0 aliphatic carbocycles. The molecule has 0 atom stereocenters. The molecule has 0 bridgehead atoms. The fraction of sp³-hybridized carbons (Fsp3) is 0.714. The van der Waals surface area contributed by atoms with Crippen molar-refractivity contribution in [2.75, 3.05) is 24.6 Å². The lowest BCUT2D eigenvalue weighted by molar-refractivity contribution is 0.00578. The smallest absolute Gasteiger partial charge is 0.399 e. The Balaban J connectivity index is 2.13. The summed E-state index contributed by atoms with van der Waals surface area (Å²) in [4.78, 5) is 10.6. The number of nitrogens with zero attached hydrogens (tertiary/aromatic N) is 3. The number of likely N-dealkylation sites (N-methyl/N-ethyl adjacent to an activating group) is 1. The maximum Gasteiger partial charge on any atom is 0.498 e. The largest absolute Gasteiger partial charge is 0.498 e. The molecule has 1 aromatic heterocycles. The van der Waals surface area contributed by atoms with Crippen LogP contribution < -0.4 is 10.4 Å². The van der Waals surface area contributed by atoms with Crippen LogP contribution in [0.5, 0.6) is 0 Å². The number of anilines is 1. The van der Waals surface area contributed by atoms with Gasteiger partial charge in [-0.3, -0.25) is 0 Å². The summed E-state index contributed by atoms with van der Waals surface area (Å²) in [5.74, 6) is 0.604. The van der Waals surface area contributed by atoms with E-state index < -0.39 is 7.12 Å². The first kappa shape index (κ1) is 16.2. The second kappa shape index (κ2) is 5.91. The minimum Gasteiger partial charge on any atom is -0.399 e. The van der Waals surface area contributed by atoms with Crippen LogP contribution in [0.3, 0.4) is 0 Å². The van der Waals surface area contributed by atoms with Gasteiger partial charge >= 0.3 is 7.12 Å². The quantitative estimate of drug-likeness (QED) is 0.802. The van der Waals surface area contributed by atoms with Gasteiger partial charge in [-0.25, -0.2) is 9.97 Å². The van der Waals surface area contributed by atoms with Gasteiger partial charge in [-0.05, 0) is 34.6 Å². The predicted octanol–water partition coefficient (Wildman–Crippen LogP) is 0.594. The molecule has 2 heterocycles. The molecule has 6 nitrogen and oxygen atoms in total. The van der Waals surface area contributed by atoms with E-state index >= 15 is 0 Å². The standard InChI is InChI=1S/C14H24BN3O3/c1-6-18(7-8-19)12-16-9-11(10-17-12)15-20-13(2,3)14(4,5)21-15/h9-10,19H,6-8H2,1-5H3. The Morgan fingerprint density at radius 3 is 2.10 bits per heavy atom. The Hall–Kier alpha value is -1.18. The Morgan fingerprint density at radius 2 is 1.67 bits per heavy atom. The molecule has 1 aliphatic rings. The van der Waals surface area contributed by atoms with Crippen LogP contribution in [0.25, 0.3) is 0 Å². The zero-order valence-electron chi connectivity index (χ0n) is 13.5. The van der Waals surface area contributed by atoms with E-state index in [1.54, 1.807) is 12.4 Å². The maximum atomic E-state index is 9.03. The predicted molar refractivity (Wildman–Crippen MR) is 82.7 cm³/mol. The first-order valence-electron chi connectivity index (χ1n) is 7.34. The first-order valence-corrected chi connectivity index (χ1v) is 7.34. The molecule has 0 radical (unpaired) electrons. The first-order chi connectivity index (χ1) is 9.80. The molecule has 1 N–H and O–H groups in total. The highest BCUT2D eigenvalue weighted by Crippen LogP contribution is 2.36. The fourth-order valence-corrected chi connectivity index (χ4v) is 2.12. The highest BCUT2D eigenvalue weighted by atomic mass is 16.7. The Kier molecular flexibility index (Phi) is 4.56. The lowest BCUT2D eigenvalue weighted by Gasteiger charge is -2.32. The third-order valence-corrected chi connectivity index (χ3v) is 4.22. The van der Waals surface area contributed by atoms with E-state index in [0.29, 0.717) is 12.5 Å². The molecule has 0 spiro atoms. The summed E-state index contributed by atoms with van der Waals surface area (Å²) in [5.41, 5.74) is 0.0585. The molecule has 2 rings (SSSR count). The van der Waals surface area contributed by atoms with Gasteiger partial charge in [0.2, 0.25) is 5.95 Å². The SMILES string of the molecule is CCN(CCO)c1ncc(B2OC(C)(C)C(C)(C)O2)cn1. The van der Waals surface area contributed by atoms with Crippen molar-refractivity contribution in [1.82, 2.24) is 9.97 Å². The highest BCUT2D eigenvalue weighted by molar-refractivity contribution is 6.61. The van der Waals surface area contributed by atoms with E-state index in [1.807, 2.05) is 39.5 Å². The van der Waals surface area contributed by atoms with Gasteiger partial charge in [-0.2, -0.15) is 0 Å². The van der Waals surface area contributed by atoms with Gasteiger partial charge in [0.05, 0.1) is 17.8 Å². The molecule has 1 aromatic rings. The Labute approximate surface area is 126 Å². The molecule has 1 fully saturated rings. The lowest BCUT2D eigenvalue weighted by Crippen LogP contribution is -2.41. The summed E-state index contributed by atoms with van der Waals surface area (Å²) in [5, 5.41) is 9.03. The number of aliphatic hydroxyl groups is 1. The summed E-state index contributed by atoms with van der Waals surface area (Å²) in [6, 6.07) is 0. The van der Waals surface area contributed by atoms with Crippen LogP contribution in [0.1, 0.15) is 34.6 Å². The molecule has 0 saturated carbocycles. The van der Waals surface area contributed by atoms with Crippen LogP contribution in [0.2, 0.25) is 0 Å². The van der Waals surface area contributed by atoms with Crippen molar-refractivity contribution in [1.29, 1.82) is 0 Å². The monoisotopic (exact) mass is 293 g/mol. The third kappa shape index (κ3) is 3.20. The van der Waals surface area contributed by atoms with Gasteiger partial charge < -0.3 is 19.3 Å². The van der Waals surface area contributed by atoms with E-state index in [9.17, 15) is 0 Å². The fourth-order valence-electron chi connectivity index (χ4n) is 2.12. The lowest BCUT2D eigenvalue weighted by atomic mass is 9.81. The third-order valence-electron chi connectivity index (χ3n) is 4.22. The van der Waals surface area contributed by atoms with Crippen LogP contribution in [0.4, 0.5) is 5.95 Å². The Bertz CT molecular complexity index is 463. The van der Waals surface area contributed by atoms with Gasteiger partial charge in [0.1, 0.15) is 0 Å². The van der Waals surface area contributed by atoms with Crippen molar-refractivity contribution in [2.45, 2.75) is 45.8 Å². The normalized spacial score (nSPS) is 19.8. The van der Waals surface area contributed by atoms with Gasteiger partial charge in [0.25, 0.3) is 0 Å². The van der Waals surface area contributed by atoms with Gasteiger partial charge in [0.15, 0.2) is 0 Å². The zero-order chi connectivity index (χ0) is 15.7. The van der Waals surface area contributed by atoms with E-state index in [4.69, 9.17) is 14.4 Å². The summed E-state index contributed by atoms with van der Waals surface area (Å²) < 4.78 is 11.9. The van der Waals surface area contributed by atoms with Crippen LogP contribution in [-0.2, 0) is 9.31 Å². The molecule has 0 aromatic carbocycles. The van der Waals surface area contributed by atoms with Gasteiger partial charge in [-0.15, -0.1) is 0 Å². The maximum absolute atomic E-state index is 9.03. The summed E-state index contributed by atoms with van der Waals surface area (Å²) in [7, 11) is -0.447. The summed E-state index contributed by atoms with van der Waals surface area (Å²) in [6.07, 6.45) is 3.45. The topological polar surface area (TPSA) is 67.7 Å². The number of hydrogen-bond acceptors (Lipinski definition) is 6. The van der Waals surface area contributed by atoms with Crippen LogP contribution in [0, 0.1) is 0 Å². The molecule has 0 amide bonds. The summed E-state index contributed by atoms with van der Waals surface area (Å²) in [6.45, 7) is 11.4. The zero-order valence-corrected chi connectivity index (χ0v) is 13.5. The molecule has 0 unspecified atom stereocenters. The minimum atomic E-state index is -0.447.